The van der Waals surface area contributed by atoms with E-state index >= 15 is 0 Å². The van der Waals surface area contributed by atoms with Crippen molar-refractivity contribution < 1.29 is 8.42 Å². The summed E-state index contributed by atoms with van der Waals surface area (Å²) in [5.74, 6) is 0. The zero-order valence-corrected chi connectivity index (χ0v) is 11.8. The van der Waals surface area contributed by atoms with Gasteiger partial charge in [-0.3, -0.25) is 0 Å². The third-order valence-corrected chi connectivity index (χ3v) is 6.03. The van der Waals surface area contributed by atoms with E-state index in [9.17, 15) is 8.42 Å². The Labute approximate surface area is 107 Å². The van der Waals surface area contributed by atoms with Crippen LogP contribution in [0, 0.1) is 0 Å². The molecule has 1 aliphatic carbocycles. The van der Waals surface area contributed by atoms with Gasteiger partial charge in [0.25, 0.3) is 0 Å². The lowest BCUT2D eigenvalue weighted by Crippen LogP contribution is -2.27. The van der Waals surface area contributed by atoms with Crippen molar-refractivity contribution in [3.05, 3.63) is 16.3 Å². The summed E-state index contributed by atoms with van der Waals surface area (Å²) in [6.45, 7) is 2.99. The van der Waals surface area contributed by atoms with Gasteiger partial charge in [0.05, 0.1) is 4.90 Å². The maximum Gasteiger partial charge on any atom is 0.243 e. The van der Waals surface area contributed by atoms with E-state index in [0.717, 1.165) is 4.88 Å². The first-order chi connectivity index (χ1) is 8.05. The molecule has 0 spiro atoms. The Morgan fingerprint density at radius 1 is 1.53 bits per heavy atom. The molecule has 0 saturated heterocycles. The van der Waals surface area contributed by atoms with Gasteiger partial charge in [-0.15, -0.1) is 11.3 Å². The normalized spacial score (nSPS) is 16.6. The summed E-state index contributed by atoms with van der Waals surface area (Å²) in [6, 6.07) is 2.30. The van der Waals surface area contributed by atoms with E-state index in [1.807, 2.05) is 12.3 Å². The Morgan fingerprint density at radius 3 is 2.82 bits per heavy atom. The average molecular weight is 274 g/mol. The summed E-state index contributed by atoms with van der Waals surface area (Å²) in [4.78, 5) is 1.37. The van der Waals surface area contributed by atoms with E-state index in [-0.39, 0.29) is 0 Å². The molecule has 1 N–H and O–H groups in total. The summed E-state index contributed by atoms with van der Waals surface area (Å²) in [7, 11) is -1.68. The molecular formula is C11H18N2O2S2. The van der Waals surface area contributed by atoms with Crippen LogP contribution in [0.25, 0.3) is 0 Å². The number of nitrogens with one attached hydrogen (secondary N) is 1. The Morgan fingerprint density at radius 2 is 2.24 bits per heavy atom. The molecule has 1 aliphatic rings. The summed E-state index contributed by atoms with van der Waals surface area (Å²) in [5, 5.41) is 5.20. The van der Waals surface area contributed by atoms with Gasteiger partial charge < -0.3 is 5.32 Å². The van der Waals surface area contributed by atoms with Gasteiger partial charge in [-0.1, -0.05) is 6.92 Å². The molecule has 96 valence electrons. The van der Waals surface area contributed by atoms with Crippen LogP contribution in [0.1, 0.15) is 24.6 Å². The Balaban J connectivity index is 2.16. The third-order valence-electron chi connectivity index (χ3n) is 2.97. The van der Waals surface area contributed by atoms with Gasteiger partial charge in [-0.2, -0.15) is 0 Å². The van der Waals surface area contributed by atoms with Gasteiger partial charge >= 0.3 is 0 Å². The van der Waals surface area contributed by atoms with E-state index in [1.165, 1.54) is 28.5 Å². The molecule has 0 amide bonds. The Hall–Kier alpha value is -0.430. The molecule has 17 heavy (non-hydrogen) atoms. The molecule has 4 nitrogen and oxygen atoms in total. The van der Waals surface area contributed by atoms with Gasteiger partial charge in [0.1, 0.15) is 0 Å². The van der Waals surface area contributed by atoms with Crippen LogP contribution >= 0.6 is 11.3 Å². The molecule has 6 heteroatoms. The maximum absolute atomic E-state index is 12.2. The number of hydrogen-bond acceptors (Lipinski definition) is 4. The van der Waals surface area contributed by atoms with Crippen LogP contribution in [-0.4, -0.2) is 32.4 Å². The number of hydrogen-bond donors (Lipinski definition) is 1. The molecule has 1 aromatic rings. The number of thiophene rings is 1. The second-order valence-electron chi connectivity index (χ2n) is 4.28. The lowest BCUT2D eigenvalue weighted by atomic mass is 10.4. The third kappa shape index (κ3) is 2.88. The van der Waals surface area contributed by atoms with Gasteiger partial charge in [0.15, 0.2) is 0 Å². The van der Waals surface area contributed by atoms with Crippen molar-refractivity contribution in [1.29, 1.82) is 0 Å². The highest BCUT2D eigenvalue weighted by Gasteiger charge is 2.25. The topological polar surface area (TPSA) is 49.4 Å². The van der Waals surface area contributed by atoms with E-state index in [4.69, 9.17) is 0 Å². The van der Waals surface area contributed by atoms with Crippen molar-refractivity contribution in [2.75, 3.05) is 13.6 Å². The zero-order valence-electron chi connectivity index (χ0n) is 10.1. The highest BCUT2D eigenvalue weighted by Crippen LogP contribution is 2.26. The second kappa shape index (κ2) is 5.06. The molecular weight excluding hydrogens is 256 g/mol. The maximum atomic E-state index is 12.2. The highest BCUT2D eigenvalue weighted by atomic mass is 32.2. The minimum absolute atomic E-state index is 0.458. The number of nitrogens with zero attached hydrogens (tertiary/aromatic N) is 1. The highest BCUT2D eigenvalue weighted by molar-refractivity contribution is 7.89. The molecule has 0 radical (unpaired) electrons. The Kier molecular flexibility index (Phi) is 3.87. The van der Waals surface area contributed by atoms with Gasteiger partial charge in [-0.25, -0.2) is 12.7 Å². The molecule has 1 saturated carbocycles. The zero-order chi connectivity index (χ0) is 12.5. The monoisotopic (exact) mass is 274 g/mol. The molecule has 2 rings (SSSR count). The molecule has 0 aromatic carbocycles. The van der Waals surface area contributed by atoms with Crippen LogP contribution in [0.4, 0.5) is 0 Å². The van der Waals surface area contributed by atoms with E-state index in [2.05, 4.69) is 5.32 Å². The first-order valence-electron chi connectivity index (χ1n) is 5.81. The van der Waals surface area contributed by atoms with Crippen LogP contribution in [0.5, 0.6) is 0 Å². The van der Waals surface area contributed by atoms with Crippen molar-refractivity contribution in [3.63, 3.8) is 0 Å². The summed E-state index contributed by atoms with van der Waals surface area (Å²) in [6.07, 6.45) is 2.42. The van der Waals surface area contributed by atoms with Crippen LogP contribution < -0.4 is 5.32 Å². The first kappa shape index (κ1) is 13.0. The van der Waals surface area contributed by atoms with Crippen molar-refractivity contribution in [1.82, 2.24) is 9.62 Å². The smallest absolute Gasteiger partial charge is 0.243 e. The summed E-state index contributed by atoms with van der Waals surface area (Å²) < 4.78 is 25.8. The van der Waals surface area contributed by atoms with Gasteiger partial charge in [0.2, 0.25) is 10.0 Å². The molecule has 1 fully saturated rings. The van der Waals surface area contributed by atoms with Crippen LogP contribution in [0.15, 0.2) is 16.3 Å². The van der Waals surface area contributed by atoms with Crippen LogP contribution in [0.3, 0.4) is 0 Å². The fourth-order valence-electron chi connectivity index (χ4n) is 1.55. The standard InChI is InChI=1S/C11H18N2O2S2/c1-3-13(2)17(14,15)11-6-7-16-10(11)8-12-9-4-5-9/h6-7,9,12H,3-5,8H2,1-2H3. The van der Waals surface area contributed by atoms with Crippen molar-refractivity contribution in [2.45, 2.75) is 37.2 Å². The van der Waals surface area contributed by atoms with Crippen molar-refractivity contribution >= 4 is 21.4 Å². The van der Waals surface area contributed by atoms with Gasteiger partial charge in [-0.05, 0) is 24.3 Å². The first-order valence-corrected chi connectivity index (χ1v) is 8.13. The fraction of sp³-hybridized carbons (Fsp3) is 0.636. The van der Waals surface area contributed by atoms with Crippen molar-refractivity contribution in [3.8, 4) is 0 Å². The molecule has 1 aromatic heterocycles. The van der Waals surface area contributed by atoms with Crippen LogP contribution in [0.2, 0.25) is 0 Å². The molecule has 0 atom stereocenters. The lowest BCUT2D eigenvalue weighted by Gasteiger charge is -2.15. The quantitative estimate of drug-likeness (QED) is 0.858. The number of sulfonamides is 1. The summed E-state index contributed by atoms with van der Waals surface area (Å²) >= 11 is 1.51. The minimum atomic E-state index is -3.30. The van der Waals surface area contributed by atoms with E-state index in [1.54, 1.807) is 13.1 Å². The molecule has 0 bridgehead atoms. The van der Waals surface area contributed by atoms with E-state index in [0.29, 0.717) is 24.0 Å². The average Bonchev–Trinajstić information content (AvgIpc) is 3.01. The molecule has 0 aliphatic heterocycles. The predicted molar refractivity (Wildman–Crippen MR) is 69.7 cm³/mol. The van der Waals surface area contributed by atoms with E-state index < -0.39 is 10.0 Å². The minimum Gasteiger partial charge on any atom is -0.309 e. The van der Waals surface area contributed by atoms with Crippen LogP contribution in [-0.2, 0) is 16.6 Å². The predicted octanol–water partition coefficient (Wildman–Crippen LogP) is 1.64. The van der Waals surface area contributed by atoms with Gasteiger partial charge in [0, 0.05) is 31.1 Å². The number of rotatable bonds is 6. The van der Waals surface area contributed by atoms with Crippen molar-refractivity contribution in [2.24, 2.45) is 0 Å². The SMILES string of the molecule is CCN(C)S(=O)(=O)c1ccsc1CNC1CC1. The lowest BCUT2D eigenvalue weighted by molar-refractivity contribution is 0.485. The molecule has 0 unspecified atom stereocenters. The second-order valence-corrected chi connectivity index (χ2v) is 7.30. The molecule has 1 heterocycles. The summed E-state index contributed by atoms with van der Waals surface area (Å²) in [5.41, 5.74) is 0. The fourth-order valence-corrected chi connectivity index (χ4v) is 4.09. The largest absolute Gasteiger partial charge is 0.309 e. The Bertz CT molecular complexity index is 477.